The summed E-state index contributed by atoms with van der Waals surface area (Å²) < 4.78 is 12.9. The van der Waals surface area contributed by atoms with E-state index in [2.05, 4.69) is 15.1 Å². The predicted octanol–water partition coefficient (Wildman–Crippen LogP) is 4.88. The van der Waals surface area contributed by atoms with Crippen molar-refractivity contribution >= 4 is 28.2 Å². The van der Waals surface area contributed by atoms with Crippen LogP contribution in [0.15, 0.2) is 60.9 Å². The van der Waals surface area contributed by atoms with Gasteiger partial charge in [0.15, 0.2) is 5.82 Å². The van der Waals surface area contributed by atoms with Crippen LogP contribution in [0.1, 0.15) is 43.0 Å². The van der Waals surface area contributed by atoms with Gasteiger partial charge in [0.05, 0.1) is 24.2 Å². The van der Waals surface area contributed by atoms with Gasteiger partial charge in [-0.3, -0.25) is 4.79 Å². The van der Waals surface area contributed by atoms with E-state index in [4.69, 9.17) is 20.2 Å². The lowest BCUT2D eigenvalue weighted by molar-refractivity contribution is -0.151. The molecule has 1 saturated carbocycles. The van der Waals surface area contributed by atoms with Crippen LogP contribution in [-0.4, -0.2) is 37.6 Å². The van der Waals surface area contributed by atoms with Gasteiger partial charge in [-0.2, -0.15) is 5.10 Å². The number of para-hydroxylation sites is 1. The quantitative estimate of drug-likeness (QED) is 0.321. The maximum Gasteiger partial charge on any atom is 0.309 e. The molecule has 1 fully saturated rings. The molecule has 0 atom stereocenters. The van der Waals surface area contributed by atoms with Gasteiger partial charge in [0, 0.05) is 11.3 Å². The maximum absolute atomic E-state index is 12.7. The minimum atomic E-state index is -0.130. The molecule has 0 spiro atoms. The topological polar surface area (TPSA) is 120 Å². The highest BCUT2D eigenvalue weighted by molar-refractivity contribution is 5.93. The summed E-state index contributed by atoms with van der Waals surface area (Å²) in [4.78, 5) is 25.4. The number of carbonyl (C=O) groups excluding carboxylic acids is 1. The standard InChI is InChI=1S/C28H28N6O3/c1-36-22-9-5-8-20-14-21(32-23(20)22)24-25-26(29)30-16-31-34(25)27(33-24)18-10-12-19(13-11-18)28(35)37-15-17-6-3-2-4-7-17/h2-9,14,16,18-19,32H,10-13,15H2,1H3,(H2,29,30,31). The van der Waals surface area contributed by atoms with Crippen LogP contribution < -0.4 is 10.5 Å². The first kappa shape index (κ1) is 23.0. The summed E-state index contributed by atoms with van der Waals surface area (Å²) in [6, 6.07) is 17.7. The number of hydrogen-bond acceptors (Lipinski definition) is 7. The molecule has 188 valence electrons. The third kappa shape index (κ3) is 4.26. The Kier molecular flexibility index (Phi) is 5.96. The maximum atomic E-state index is 12.7. The molecule has 1 aliphatic rings. The second-order valence-electron chi connectivity index (χ2n) is 9.47. The molecule has 9 heteroatoms. The van der Waals surface area contributed by atoms with Crippen LogP contribution in [0.4, 0.5) is 5.82 Å². The van der Waals surface area contributed by atoms with E-state index < -0.39 is 0 Å². The van der Waals surface area contributed by atoms with Gasteiger partial charge in [-0.1, -0.05) is 42.5 Å². The molecule has 2 aromatic carbocycles. The zero-order valence-electron chi connectivity index (χ0n) is 20.6. The first-order valence-corrected chi connectivity index (χ1v) is 12.5. The second-order valence-corrected chi connectivity index (χ2v) is 9.47. The summed E-state index contributed by atoms with van der Waals surface area (Å²) in [5, 5.41) is 5.52. The summed E-state index contributed by atoms with van der Waals surface area (Å²) in [6.07, 6.45) is 4.57. The first-order chi connectivity index (χ1) is 18.1. The average molecular weight is 497 g/mol. The van der Waals surface area contributed by atoms with Crippen molar-refractivity contribution in [3.05, 3.63) is 72.3 Å². The molecule has 3 heterocycles. The number of hydrogen-bond donors (Lipinski definition) is 2. The highest BCUT2D eigenvalue weighted by atomic mass is 16.5. The van der Waals surface area contributed by atoms with Crippen LogP contribution in [-0.2, 0) is 16.1 Å². The number of anilines is 1. The van der Waals surface area contributed by atoms with E-state index in [1.807, 2.05) is 54.6 Å². The Balaban J connectivity index is 1.25. The molecule has 3 aromatic heterocycles. The molecule has 9 nitrogen and oxygen atoms in total. The van der Waals surface area contributed by atoms with E-state index in [0.717, 1.165) is 59.4 Å². The lowest BCUT2D eigenvalue weighted by atomic mass is 9.81. The fourth-order valence-electron chi connectivity index (χ4n) is 5.29. The van der Waals surface area contributed by atoms with E-state index in [1.165, 1.54) is 6.33 Å². The van der Waals surface area contributed by atoms with Gasteiger partial charge in [-0.05, 0) is 43.4 Å². The second kappa shape index (κ2) is 9.57. The molecule has 0 aliphatic heterocycles. The van der Waals surface area contributed by atoms with Gasteiger partial charge in [0.2, 0.25) is 0 Å². The molecule has 5 aromatic rings. The van der Waals surface area contributed by atoms with Gasteiger partial charge >= 0.3 is 5.97 Å². The minimum Gasteiger partial charge on any atom is -0.495 e. The van der Waals surface area contributed by atoms with Crippen molar-refractivity contribution in [3.8, 4) is 17.1 Å². The molecule has 1 aliphatic carbocycles. The van der Waals surface area contributed by atoms with Crippen LogP contribution in [0.5, 0.6) is 5.75 Å². The number of nitrogens with one attached hydrogen (secondary N) is 1. The highest BCUT2D eigenvalue weighted by Gasteiger charge is 2.32. The van der Waals surface area contributed by atoms with Gasteiger partial charge in [0.25, 0.3) is 0 Å². The van der Waals surface area contributed by atoms with Crippen molar-refractivity contribution in [2.45, 2.75) is 38.2 Å². The number of nitrogen functional groups attached to an aromatic ring is 1. The van der Waals surface area contributed by atoms with E-state index in [0.29, 0.717) is 23.6 Å². The van der Waals surface area contributed by atoms with Crippen LogP contribution in [0.2, 0.25) is 0 Å². The van der Waals surface area contributed by atoms with E-state index in [9.17, 15) is 4.79 Å². The molecule has 0 amide bonds. The summed E-state index contributed by atoms with van der Waals surface area (Å²) >= 11 is 0. The number of carbonyl (C=O) groups is 1. The van der Waals surface area contributed by atoms with Crippen molar-refractivity contribution in [1.29, 1.82) is 0 Å². The molecular formula is C28H28N6O3. The Bertz CT molecular complexity index is 1570. The van der Waals surface area contributed by atoms with Gasteiger partial charge in [0.1, 0.15) is 35.7 Å². The Morgan fingerprint density at radius 2 is 1.92 bits per heavy atom. The number of methoxy groups -OCH3 is 1. The van der Waals surface area contributed by atoms with Crippen molar-refractivity contribution in [3.63, 3.8) is 0 Å². The normalized spacial score (nSPS) is 17.8. The third-order valence-corrected chi connectivity index (χ3v) is 7.23. The van der Waals surface area contributed by atoms with Gasteiger partial charge < -0.3 is 20.2 Å². The molecule has 0 saturated heterocycles. The molecule has 37 heavy (non-hydrogen) atoms. The molecule has 6 rings (SSSR count). The summed E-state index contributed by atoms with van der Waals surface area (Å²) in [5.41, 5.74) is 10.4. The smallest absolute Gasteiger partial charge is 0.309 e. The fourth-order valence-corrected chi connectivity index (χ4v) is 5.29. The lowest BCUT2D eigenvalue weighted by Crippen LogP contribution is -2.24. The Morgan fingerprint density at radius 3 is 2.70 bits per heavy atom. The highest BCUT2D eigenvalue weighted by Crippen LogP contribution is 2.39. The number of esters is 1. The number of aromatic amines is 1. The number of H-pyrrole nitrogens is 1. The number of aromatic nitrogens is 5. The molecule has 3 N–H and O–H groups in total. The molecule has 0 radical (unpaired) electrons. The van der Waals surface area contributed by atoms with Gasteiger partial charge in [-0.25, -0.2) is 14.5 Å². The zero-order valence-corrected chi connectivity index (χ0v) is 20.6. The number of imidazole rings is 1. The van der Waals surface area contributed by atoms with Crippen molar-refractivity contribution in [2.75, 3.05) is 12.8 Å². The van der Waals surface area contributed by atoms with E-state index in [1.54, 1.807) is 11.6 Å². The fraction of sp³-hybridized carbons (Fsp3) is 0.286. The van der Waals surface area contributed by atoms with Gasteiger partial charge in [-0.15, -0.1) is 0 Å². The predicted molar refractivity (Wildman–Crippen MR) is 140 cm³/mol. The SMILES string of the molecule is COc1cccc2cc(-c3nc(C4CCC(C(=O)OCc5ccccc5)CC4)n4ncnc(N)c34)[nH]c12. The average Bonchev–Trinajstić information content (AvgIpc) is 3.55. The number of nitrogens with zero attached hydrogens (tertiary/aromatic N) is 4. The number of ether oxygens (including phenoxy) is 2. The van der Waals surface area contributed by atoms with Crippen molar-refractivity contribution in [1.82, 2.24) is 24.6 Å². The molecular weight excluding hydrogens is 468 g/mol. The Labute approximate surface area is 213 Å². The monoisotopic (exact) mass is 496 g/mol. The first-order valence-electron chi connectivity index (χ1n) is 12.5. The van der Waals surface area contributed by atoms with Crippen molar-refractivity contribution in [2.24, 2.45) is 5.92 Å². The largest absolute Gasteiger partial charge is 0.495 e. The number of nitrogens with two attached hydrogens (primary N) is 1. The Morgan fingerprint density at radius 1 is 1.11 bits per heavy atom. The van der Waals surface area contributed by atoms with Crippen LogP contribution >= 0.6 is 0 Å². The minimum absolute atomic E-state index is 0.105. The van der Waals surface area contributed by atoms with E-state index in [-0.39, 0.29) is 17.8 Å². The summed E-state index contributed by atoms with van der Waals surface area (Å²) in [6.45, 7) is 0.305. The van der Waals surface area contributed by atoms with Crippen LogP contribution in [0.3, 0.4) is 0 Å². The van der Waals surface area contributed by atoms with Crippen LogP contribution in [0.25, 0.3) is 27.8 Å². The molecule has 0 unspecified atom stereocenters. The van der Waals surface area contributed by atoms with Crippen molar-refractivity contribution < 1.29 is 14.3 Å². The number of fused-ring (bicyclic) bond motifs is 2. The number of benzene rings is 2. The third-order valence-electron chi connectivity index (χ3n) is 7.23. The zero-order chi connectivity index (χ0) is 25.4. The summed E-state index contributed by atoms with van der Waals surface area (Å²) in [7, 11) is 1.65. The number of rotatable bonds is 6. The Hall–Kier alpha value is -4.40. The lowest BCUT2D eigenvalue weighted by Gasteiger charge is -2.26. The van der Waals surface area contributed by atoms with E-state index >= 15 is 0 Å². The summed E-state index contributed by atoms with van der Waals surface area (Å²) in [5.74, 6) is 1.87. The van der Waals surface area contributed by atoms with Crippen LogP contribution in [0, 0.1) is 5.92 Å². The molecule has 0 bridgehead atoms.